The van der Waals surface area contributed by atoms with Gasteiger partial charge in [-0.2, -0.15) is 4.98 Å². The summed E-state index contributed by atoms with van der Waals surface area (Å²) in [5.41, 5.74) is 0. The highest BCUT2D eigenvalue weighted by molar-refractivity contribution is 5.76. The number of methoxy groups -OCH3 is 1. The molecule has 1 saturated heterocycles. The Bertz CT molecular complexity index is 542. The third kappa shape index (κ3) is 5.25. The number of nitrogens with zero attached hydrogens (tertiary/aromatic N) is 3. The van der Waals surface area contributed by atoms with Crippen LogP contribution in [0.2, 0.25) is 0 Å². The summed E-state index contributed by atoms with van der Waals surface area (Å²) in [6.07, 6.45) is 7.90. The summed E-state index contributed by atoms with van der Waals surface area (Å²) in [6.45, 7) is 2.84. The Labute approximate surface area is 149 Å². The molecule has 1 amide bonds. The van der Waals surface area contributed by atoms with Crippen LogP contribution in [-0.2, 0) is 20.9 Å². The van der Waals surface area contributed by atoms with Gasteiger partial charge in [0.15, 0.2) is 5.82 Å². The number of carbonyl (C=O) groups is 1. The van der Waals surface area contributed by atoms with Crippen LogP contribution >= 0.6 is 0 Å². The number of hydrogen-bond acceptors (Lipinski definition) is 6. The first-order valence-corrected chi connectivity index (χ1v) is 9.43. The first-order chi connectivity index (χ1) is 12.3. The second-order valence-corrected chi connectivity index (χ2v) is 7.11. The van der Waals surface area contributed by atoms with Gasteiger partial charge in [0.2, 0.25) is 5.91 Å². The van der Waals surface area contributed by atoms with Crippen LogP contribution in [-0.4, -0.2) is 54.4 Å². The molecule has 1 saturated carbocycles. The number of likely N-dealkylation sites (tertiary alicyclic amines) is 1. The molecule has 140 valence electrons. The van der Waals surface area contributed by atoms with E-state index < -0.39 is 0 Å². The van der Waals surface area contributed by atoms with Crippen molar-refractivity contribution in [2.24, 2.45) is 5.92 Å². The Kier molecular flexibility index (Phi) is 6.81. The number of carbonyl (C=O) groups excluding carboxylic acids is 1. The second kappa shape index (κ2) is 9.29. The van der Waals surface area contributed by atoms with E-state index in [9.17, 15) is 4.79 Å². The van der Waals surface area contributed by atoms with Gasteiger partial charge in [-0.05, 0) is 18.8 Å². The third-order valence-electron chi connectivity index (χ3n) is 5.29. The van der Waals surface area contributed by atoms with E-state index in [2.05, 4.69) is 10.1 Å². The van der Waals surface area contributed by atoms with Crippen LogP contribution in [0.15, 0.2) is 4.52 Å². The summed E-state index contributed by atoms with van der Waals surface area (Å²) < 4.78 is 15.6. The Hall–Kier alpha value is -1.47. The molecule has 2 fully saturated rings. The highest BCUT2D eigenvalue weighted by Crippen LogP contribution is 2.30. The van der Waals surface area contributed by atoms with Crippen LogP contribution in [0, 0.1) is 5.92 Å². The average Bonchev–Trinajstić information content (AvgIpc) is 3.37. The average molecular weight is 351 g/mol. The van der Waals surface area contributed by atoms with Crippen molar-refractivity contribution < 1.29 is 18.8 Å². The van der Waals surface area contributed by atoms with E-state index in [1.165, 1.54) is 25.7 Å². The van der Waals surface area contributed by atoms with Gasteiger partial charge in [0.1, 0.15) is 6.61 Å². The summed E-state index contributed by atoms with van der Waals surface area (Å²) >= 11 is 0. The van der Waals surface area contributed by atoms with E-state index in [-0.39, 0.29) is 11.8 Å². The molecule has 1 aromatic heterocycles. The smallest absolute Gasteiger partial charge is 0.252 e. The minimum Gasteiger partial charge on any atom is -0.382 e. The van der Waals surface area contributed by atoms with Crippen molar-refractivity contribution in [2.45, 2.75) is 57.5 Å². The van der Waals surface area contributed by atoms with E-state index in [1.54, 1.807) is 7.11 Å². The lowest BCUT2D eigenvalue weighted by Gasteiger charge is -2.17. The molecule has 0 N–H and O–H groups in total. The third-order valence-corrected chi connectivity index (χ3v) is 5.29. The first-order valence-electron chi connectivity index (χ1n) is 9.43. The maximum atomic E-state index is 12.4. The molecule has 0 radical (unpaired) electrons. The van der Waals surface area contributed by atoms with Crippen LogP contribution < -0.4 is 0 Å². The molecule has 7 heteroatoms. The predicted molar refractivity (Wildman–Crippen MR) is 91.0 cm³/mol. The zero-order chi connectivity index (χ0) is 17.5. The van der Waals surface area contributed by atoms with Crippen molar-refractivity contribution in [2.75, 3.05) is 33.4 Å². The molecule has 1 aliphatic heterocycles. The van der Waals surface area contributed by atoms with Crippen molar-refractivity contribution in [3.8, 4) is 0 Å². The number of aromatic nitrogens is 2. The van der Waals surface area contributed by atoms with Gasteiger partial charge in [-0.1, -0.05) is 30.8 Å². The molecular formula is C18H29N3O4. The van der Waals surface area contributed by atoms with Gasteiger partial charge in [-0.3, -0.25) is 4.79 Å². The molecule has 0 spiro atoms. The number of hydrogen-bond donors (Lipinski definition) is 0. The van der Waals surface area contributed by atoms with E-state index in [1.807, 2.05) is 4.90 Å². The Morgan fingerprint density at radius 1 is 1.28 bits per heavy atom. The van der Waals surface area contributed by atoms with E-state index in [4.69, 9.17) is 14.0 Å². The van der Waals surface area contributed by atoms with Gasteiger partial charge in [0, 0.05) is 32.5 Å². The van der Waals surface area contributed by atoms with Crippen molar-refractivity contribution in [3.05, 3.63) is 11.7 Å². The molecule has 1 aromatic rings. The molecular weight excluding hydrogens is 322 g/mol. The van der Waals surface area contributed by atoms with Crippen molar-refractivity contribution >= 4 is 5.91 Å². The fourth-order valence-corrected chi connectivity index (χ4v) is 3.78. The van der Waals surface area contributed by atoms with Crippen LogP contribution in [0.4, 0.5) is 0 Å². The SMILES string of the molecule is COCCOCc1nc(C2CCN(C(=O)CCC3CCCC3)C2)no1. The van der Waals surface area contributed by atoms with E-state index in [0.29, 0.717) is 44.5 Å². The van der Waals surface area contributed by atoms with Crippen LogP contribution in [0.1, 0.15) is 62.6 Å². The topological polar surface area (TPSA) is 77.7 Å². The van der Waals surface area contributed by atoms with E-state index in [0.717, 1.165) is 25.3 Å². The lowest BCUT2D eigenvalue weighted by Crippen LogP contribution is -2.28. The molecule has 2 aliphatic rings. The Morgan fingerprint density at radius 3 is 2.92 bits per heavy atom. The molecule has 1 atom stereocenters. The molecule has 3 rings (SSSR count). The zero-order valence-corrected chi connectivity index (χ0v) is 15.1. The highest BCUT2D eigenvalue weighted by Gasteiger charge is 2.30. The molecule has 7 nitrogen and oxygen atoms in total. The largest absolute Gasteiger partial charge is 0.382 e. The fourth-order valence-electron chi connectivity index (χ4n) is 3.78. The van der Waals surface area contributed by atoms with Gasteiger partial charge >= 0.3 is 0 Å². The van der Waals surface area contributed by atoms with Crippen molar-refractivity contribution in [1.29, 1.82) is 0 Å². The highest BCUT2D eigenvalue weighted by atomic mass is 16.5. The fraction of sp³-hybridized carbons (Fsp3) is 0.833. The standard InChI is InChI=1S/C18H29N3O4/c1-23-10-11-24-13-16-19-18(20-25-16)15-8-9-21(12-15)17(22)7-6-14-4-2-3-5-14/h14-15H,2-13H2,1H3. The van der Waals surface area contributed by atoms with Crippen LogP contribution in [0.5, 0.6) is 0 Å². The molecule has 1 aliphatic carbocycles. The summed E-state index contributed by atoms with van der Waals surface area (Å²) in [4.78, 5) is 18.8. The van der Waals surface area contributed by atoms with E-state index >= 15 is 0 Å². The quantitative estimate of drug-likeness (QED) is 0.636. The molecule has 2 heterocycles. The normalized spacial score (nSPS) is 21.3. The summed E-state index contributed by atoms with van der Waals surface area (Å²) in [7, 11) is 1.63. The first kappa shape index (κ1) is 18.3. The molecule has 0 bridgehead atoms. The van der Waals surface area contributed by atoms with Crippen molar-refractivity contribution in [1.82, 2.24) is 15.0 Å². The van der Waals surface area contributed by atoms with Crippen LogP contribution in [0.3, 0.4) is 0 Å². The minimum atomic E-state index is 0.173. The lowest BCUT2D eigenvalue weighted by atomic mass is 10.0. The minimum absolute atomic E-state index is 0.173. The summed E-state index contributed by atoms with van der Waals surface area (Å²) in [5.74, 6) is 2.39. The van der Waals surface area contributed by atoms with Crippen molar-refractivity contribution in [3.63, 3.8) is 0 Å². The van der Waals surface area contributed by atoms with Gasteiger partial charge < -0.3 is 18.9 Å². The van der Waals surface area contributed by atoms with Gasteiger partial charge in [-0.15, -0.1) is 0 Å². The maximum Gasteiger partial charge on any atom is 0.252 e. The zero-order valence-electron chi connectivity index (χ0n) is 15.1. The van der Waals surface area contributed by atoms with Gasteiger partial charge in [-0.25, -0.2) is 0 Å². The van der Waals surface area contributed by atoms with Gasteiger partial charge in [0.25, 0.3) is 5.89 Å². The number of rotatable bonds is 9. The lowest BCUT2D eigenvalue weighted by molar-refractivity contribution is -0.130. The number of amides is 1. The van der Waals surface area contributed by atoms with Gasteiger partial charge in [0.05, 0.1) is 13.2 Å². The second-order valence-electron chi connectivity index (χ2n) is 7.11. The van der Waals surface area contributed by atoms with Crippen LogP contribution in [0.25, 0.3) is 0 Å². The Morgan fingerprint density at radius 2 is 2.12 bits per heavy atom. The molecule has 0 aromatic carbocycles. The Balaban J connectivity index is 1.41. The molecule has 25 heavy (non-hydrogen) atoms. The number of ether oxygens (including phenoxy) is 2. The summed E-state index contributed by atoms with van der Waals surface area (Å²) in [5, 5.41) is 4.06. The summed E-state index contributed by atoms with van der Waals surface area (Å²) in [6, 6.07) is 0. The molecule has 1 unspecified atom stereocenters. The monoisotopic (exact) mass is 351 g/mol. The predicted octanol–water partition coefficient (Wildman–Crippen LogP) is 2.52. The maximum absolute atomic E-state index is 12.4.